The van der Waals surface area contributed by atoms with Crippen LogP contribution in [-0.2, 0) is 4.79 Å². The SMILES string of the molecule is Cc1ccc2c(c1)C=C[C@@H]2CC(=O)N[C@H](CO)c1ccccc1. The summed E-state index contributed by atoms with van der Waals surface area (Å²) in [5.74, 6) is 0.0664. The van der Waals surface area contributed by atoms with Crippen LogP contribution in [0, 0.1) is 6.92 Å². The van der Waals surface area contributed by atoms with Gasteiger partial charge < -0.3 is 10.4 Å². The molecule has 3 heteroatoms. The average molecular weight is 307 g/mol. The van der Waals surface area contributed by atoms with Gasteiger partial charge in [-0.25, -0.2) is 0 Å². The van der Waals surface area contributed by atoms with Crippen molar-refractivity contribution in [1.29, 1.82) is 0 Å². The molecule has 0 radical (unpaired) electrons. The van der Waals surface area contributed by atoms with Gasteiger partial charge in [0, 0.05) is 12.3 Å². The lowest BCUT2D eigenvalue weighted by Gasteiger charge is -2.18. The molecule has 0 heterocycles. The first-order chi connectivity index (χ1) is 11.2. The van der Waals surface area contributed by atoms with Crippen LogP contribution in [-0.4, -0.2) is 17.6 Å². The predicted octanol–water partition coefficient (Wildman–Crippen LogP) is 3.35. The minimum atomic E-state index is -0.355. The fraction of sp³-hybridized carbons (Fsp3) is 0.250. The summed E-state index contributed by atoms with van der Waals surface area (Å²) >= 11 is 0. The lowest BCUT2D eigenvalue weighted by atomic mass is 9.96. The maximum Gasteiger partial charge on any atom is 0.221 e. The molecule has 0 saturated heterocycles. The quantitative estimate of drug-likeness (QED) is 0.890. The van der Waals surface area contributed by atoms with Crippen LogP contribution in [0.4, 0.5) is 0 Å². The van der Waals surface area contributed by atoms with Gasteiger partial charge in [-0.3, -0.25) is 4.79 Å². The minimum absolute atomic E-state index is 0.0454. The van der Waals surface area contributed by atoms with Gasteiger partial charge in [0.2, 0.25) is 5.91 Å². The van der Waals surface area contributed by atoms with E-state index in [9.17, 15) is 9.90 Å². The summed E-state index contributed by atoms with van der Waals surface area (Å²) in [5, 5.41) is 12.5. The van der Waals surface area contributed by atoms with Crippen molar-refractivity contribution in [3.63, 3.8) is 0 Å². The van der Waals surface area contributed by atoms with Crippen molar-refractivity contribution in [2.24, 2.45) is 0 Å². The predicted molar refractivity (Wildman–Crippen MR) is 92.0 cm³/mol. The molecule has 1 aliphatic carbocycles. The third kappa shape index (κ3) is 3.51. The number of carbonyl (C=O) groups excluding carboxylic acids is 1. The standard InChI is InChI=1S/C20H21NO2/c1-14-7-10-18-16(11-14)8-9-17(18)12-20(23)21-19(13-22)15-5-3-2-4-6-15/h2-11,17,19,22H,12-13H2,1H3,(H,21,23)/t17-,19-/m1/s1. The van der Waals surface area contributed by atoms with Gasteiger partial charge in [0.1, 0.15) is 0 Å². The smallest absolute Gasteiger partial charge is 0.221 e. The summed E-state index contributed by atoms with van der Waals surface area (Å²) in [6.07, 6.45) is 4.57. The fourth-order valence-corrected chi connectivity index (χ4v) is 3.05. The number of hydrogen-bond donors (Lipinski definition) is 2. The zero-order valence-electron chi connectivity index (χ0n) is 13.2. The minimum Gasteiger partial charge on any atom is -0.394 e. The number of aliphatic hydroxyl groups is 1. The molecule has 0 aliphatic heterocycles. The van der Waals surface area contributed by atoms with Gasteiger partial charge in [-0.2, -0.15) is 0 Å². The normalized spacial score (nSPS) is 16.9. The van der Waals surface area contributed by atoms with Crippen molar-refractivity contribution in [3.05, 3.63) is 76.9 Å². The van der Waals surface area contributed by atoms with Crippen molar-refractivity contribution in [1.82, 2.24) is 5.32 Å². The van der Waals surface area contributed by atoms with Crippen LogP contribution >= 0.6 is 0 Å². The zero-order valence-corrected chi connectivity index (χ0v) is 13.2. The van der Waals surface area contributed by atoms with Crippen LogP contribution in [0.5, 0.6) is 0 Å². The third-order valence-corrected chi connectivity index (χ3v) is 4.27. The van der Waals surface area contributed by atoms with E-state index >= 15 is 0 Å². The highest BCUT2D eigenvalue weighted by Gasteiger charge is 2.22. The molecule has 23 heavy (non-hydrogen) atoms. The molecule has 2 aromatic carbocycles. The van der Waals surface area contributed by atoms with Crippen LogP contribution in [0.25, 0.3) is 6.08 Å². The zero-order chi connectivity index (χ0) is 16.2. The van der Waals surface area contributed by atoms with E-state index in [1.807, 2.05) is 30.3 Å². The van der Waals surface area contributed by atoms with Gasteiger partial charge in [0.25, 0.3) is 0 Å². The first-order valence-corrected chi connectivity index (χ1v) is 7.91. The van der Waals surface area contributed by atoms with E-state index in [4.69, 9.17) is 0 Å². The summed E-state index contributed by atoms with van der Waals surface area (Å²) in [6.45, 7) is 1.96. The molecule has 3 nitrogen and oxygen atoms in total. The molecule has 1 amide bonds. The van der Waals surface area contributed by atoms with E-state index in [0.717, 1.165) is 5.56 Å². The van der Waals surface area contributed by atoms with E-state index in [2.05, 4.69) is 42.6 Å². The van der Waals surface area contributed by atoms with Crippen molar-refractivity contribution < 1.29 is 9.90 Å². The molecule has 0 bridgehead atoms. The lowest BCUT2D eigenvalue weighted by Crippen LogP contribution is -2.31. The molecular weight excluding hydrogens is 286 g/mol. The van der Waals surface area contributed by atoms with E-state index in [0.29, 0.717) is 6.42 Å². The second-order valence-corrected chi connectivity index (χ2v) is 6.02. The Balaban J connectivity index is 1.66. The maximum absolute atomic E-state index is 12.4. The van der Waals surface area contributed by atoms with Gasteiger partial charge in [-0.1, -0.05) is 66.2 Å². The summed E-state index contributed by atoms with van der Waals surface area (Å²) in [7, 11) is 0. The van der Waals surface area contributed by atoms with Crippen LogP contribution in [0.1, 0.15) is 40.6 Å². The Bertz CT molecular complexity index is 722. The Morgan fingerprint density at radius 2 is 2.00 bits per heavy atom. The molecule has 2 aromatic rings. The molecule has 0 saturated carbocycles. The molecule has 0 unspecified atom stereocenters. The number of amides is 1. The first-order valence-electron chi connectivity index (χ1n) is 7.91. The van der Waals surface area contributed by atoms with Crippen molar-refractivity contribution in [2.75, 3.05) is 6.61 Å². The van der Waals surface area contributed by atoms with Crippen LogP contribution in [0.2, 0.25) is 0 Å². The van der Waals surface area contributed by atoms with Crippen molar-refractivity contribution in [2.45, 2.75) is 25.3 Å². The maximum atomic E-state index is 12.4. The van der Waals surface area contributed by atoms with Gasteiger partial charge in [0.15, 0.2) is 0 Å². The molecule has 3 rings (SSSR count). The molecule has 2 N–H and O–H groups in total. The molecule has 2 atom stereocenters. The van der Waals surface area contributed by atoms with Gasteiger partial charge in [0.05, 0.1) is 12.6 Å². The Hall–Kier alpha value is -2.39. The monoisotopic (exact) mass is 307 g/mol. The summed E-state index contributed by atoms with van der Waals surface area (Å²) in [4.78, 5) is 12.4. The molecule has 1 aliphatic rings. The third-order valence-electron chi connectivity index (χ3n) is 4.27. The fourth-order valence-electron chi connectivity index (χ4n) is 3.05. The largest absolute Gasteiger partial charge is 0.394 e. The number of aliphatic hydroxyl groups excluding tert-OH is 1. The Labute approximate surface area is 136 Å². The Kier molecular flexibility index (Phi) is 4.58. The Morgan fingerprint density at radius 1 is 1.22 bits per heavy atom. The number of benzene rings is 2. The van der Waals surface area contributed by atoms with Crippen molar-refractivity contribution in [3.8, 4) is 0 Å². The number of fused-ring (bicyclic) bond motifs is 1. The molecule has 0 spiro atoms. The van der Waals surface area contributed by atoms with E-state index in [1.54, 1.807) is 0 Å². The summed E-state index contributed by atoms with van der Waals surface area (Å²) in [5.41, 5.74) is 4.54. The Morgan fingerprint density at radius 3 is 2.74 bits per heavy atom. The van der Waals surface area contributed by atoms with E-state index in [1.165, 1.54) is 16.7 Å². The highest BCUT2D eigenvalue weighted by molar-refractivity contribution is 5.79. The van der Waals surface area contributed by atoms with Crippen molar-refractivity contribution >= 4 is 12.0 Å². The summed E-state index contributed by atoms with van der Waals surface area (Å²) in [6, 6.07) is 15.5. The van der Waals surface area contributed by atoms with Gasteiger partial charge in [-0.05, 0) is 23.6 Å². The number of hydrogen-bond acceptors (Lipinski definition) is 2. The second-order valence-electron chi connectivity index (χ2n) is 6.02. The number of carbonyl (C=O) groups is 1. The highest BCUT2D eigenvalue weighted by atomic mass is 16.3. The van der Waals surface area contributed by atoms with E-state index < -0.39 is 0 Å². The molecule has 0 fully saturated rings. The number of rotatable bonds is 5. The van der Waals surface area contributed by atoms with E-state index in [-0.39, 0.29) is 24.5 Å². The number of aryl methyl sites for hydroxylation is 1. The topological polar surface area (TPSA) is 49.3 Å². The van der Waals surface area contributed by atoms with Crippen LogP contribution in [0.15, 0.2) is 54.6 Å². The molecular formula is C20H21NO2. The summed E-state index contributed by atoms with van der Waals surface area (Å²) < 4.78 is 0. The lowest BCUT2D eigenvalue weighted by molar-refractivity contribution is -0.122. The first kappa shape index (κ1) is 15.5. The number of nitrogens with one attached hydrogen (secondary N) is 1. The average Bonchev–Trinajstić information content (AvgIpc) is 2.95. The number of allylic oxidation sites excluding steroid dienone is 1. The van der Waals surface area contributed by atoms with Crippen LogP contribution < -0.4 is 5.32 Å². The molecule has 0 aromatic heterocycles. The van der Waals surface area contributed by atoms with Gasteiger partial charge in [-0.15, -0.1) is 0 Å². The highest BCUT2D eigenvalue weighted by Crippen LogP contribution is 2.33. The molecule has 118 valence electrons. The van der Waals surface area contributed by atoms with Crippen LogP contribution in [0.3, 0.4) is 0 Å². The second kappa shape index (κ2) is 6.80. The van der Waals surface area contributed by atoms with Gasteiger partial charge >= 0.3 is 0 Å².